The highest BCUT2D eigenvalue weighted by Gasteiger charge is 2.11. The molecule has 0 saturated heterocycles. The first-order chi connectivity index (χ1) is 8.04. The second kappa shape index (κ2) is 6.90. The van der Waals surface area contributed by atoms with Crippen molar-refractivity contribution < 1.29 is 4.74 Å². The van der Waals surface area contributed by atoms with Crippen LogP contribution in [0.25, 0.3) is 0 Å². The van der Waals surface area contributed by atoms with Crippen molar-refractivity contribution in [1.82, 2.24) is 5.32 Å². The Morgan fingerprint density at radius 3 is 2.71 bits per heavy atom. The summed E-state index contributed by atoms with van der Waals surface area (Å²) < 4.78 is 5.71. The van der Waals surface area contributed by atoms with E-state index in [0.29, 0.717) is 22.3 Å². The van der Waals surface area contributed by atoms with Crippen LogP contribution in [0.2, 0.25) is 10.0 Å². The summed E-state index contributed by atoms with van der Waals surface area (Å²) in [6.07, 6.45) is 1.88. The van der Waals surface area contributed by atoms with E-state index in [9.17, 15) is 0 Å². The molecule has 0 aliphatic carbocycles. The molecule has 0 spiro atoms. The predicted octanol–water partition coefficient (Wildman–Crippen LogP) is 4.06. The summed E-state index contributed by atoms with van der Waals surface area (Å²) in [5, 5.41) is 4.36. The molecule has 0 aromatic heterocycles. The first kappa shape index (κ1) is 14.4. The minimum absolute atomic E-state index is 0.0758. The molecule has 1 aromatic rings. The van der Waals surface area contributed by atoms with E-state index in [4.69, 9.17) is 27.9 Å². The van der Waals surface area contributed by atoms with Crippen LogP contribution in [-0.4, -0.2) is 12.6 Å². The van der Waals surface area contributed by atoms with Crippen molar-refractivity contribution in [3.05, 3.63) is 40.4 Å². The van der Waals surface area contributed by atoms with Crippen LogP contribution in [0, 0.1) is 0 Å². The third-order valence-corrected chi connectivity index (χ3v) is 2.54. The van der Waals surface area contributed by atoms with Crippen molar-refractivity contribution in [1.29, 1.82) is 0 Å². The van der Waals surface area contributed by atoms with Gasteiger partial charge in [-0.2, -0.15) is 0 Å². The molecule has 0 unspecified atom stereocenters. The fourth-order valence-electron chi connectivity index (χ4n) is 1.42. The maximum atomic E-state index is 6.13. The molecule has 1 aromatic carbocycles. The Kier molecular flexibility index (Phi) is 5.83. The summed E-state index contributed by atoms with van der Waals surface area (Å²) >= 11 is 12.1. The molecule has 17 heavy (non-hydrogen) atoms. The van der Waals surface area contributed by atoms with E-state index in [-0.39, 0.29) is 6.10 Å². The van der Waals surface area contributed by atoms with Crippen molar-refractivity contribution in [3.63, 3.8) is 0 Å². The molecule has 0 radical (unpaired) electrons. The number of benzene rings is 1. The van der Waals surface area contributed by atoms with Crippen LogP contribution in [0.4, 0.5) is 0 Å². The molecule has 0 bridgehead atoms. The molecule has 2 nitrogen and oxygen atoms in total. The molecular weight excluding hydrogens is 257 g/mol. The van der Waals surface area contributed by atoms with Crippen molar-refractivity contribution >= 4 is 23.2 Å². The van der Waals surface area contributed by atoms with Crippen molar-refractivity contribution in [3.8, 4) is 5.75 Å². The van der Waals surface area contributed by atoms with Crippen LogP contribution in [0.15, 0.2) is 24.8 Å². The Labute approximate surface area is 113 Å². The Balaban J connectivity index is 2.93. The fourth-order valence-corrected chi connectivity index (χ4v) is 2.00. The monoisotopic (exact) mass is 273 g/mol. The first-order valence-electron chi connectivity index (χ1n) is 5.50. The summed E-state index contributed by atoms with van der Waals surface area (Å²) in [6.45, 7) is 8.95. The molecule has 0 fully saturated rings. The maximum Gasteiger partial charge on any atom is 0.142 e. The van der Waals surface area contributed by atoms with Crippen LogP contribution < -0.4 is 10.1 Å². The van der Waals surface area contributed by atoms with Crippen LogP contribution in [-0.2, 0) is 6.54 Å². The van der Waals surface area contributed by atoms with Crippen LogP contribution in [0.1, 0.15) is 19.4 Å². The van der Waals surface area contributed by atoms with Gasteiger partial charge in [-0.1, -0.05) is 29.3 Å². The molecule has 4 heteroatoms. The van der Waals surface area contributed by atoms with Gasteiger partial charge in [0.25, 0.3) is 0 Å². The SMILES string of the molecule is C=CCNCc1cc(Cl)cc(Cl)c1OC(C)C. The summed E-state index contributed by atoms with van der Waals surface area (Å²) in [7, 11) is 0. The molecule has 0 heterocycles. The molecule has 94 valence electrons. The Hall–Kier alpha value is -0.700. The zero-order valence-electron chi connectivity index (χ0n) is 10.1. The van der Waals surface area contributed by atoms with Gasteiger partial charge in [0.2, 0.25) is 0 Å². The van der Waals surface area contributed by atoms with Crippen molar-refractivity contribution in [2.45, 2.75) is 26.5 Å². The van der Waals surface area contributed by atoms with Crippen molar-refractivity contribution in [2.75, 3.05) is 6.54 Å². The van der Waals surface area contributed by atoms with Gasteiger partial charge in [-0.15, -0.1) is 6.58 Å². The lowest BCUT2D eigenvalue weighted by Crippen LogP contribution is -2.15. The van der Waals surface area contributed by atoms with Gasteiger partial charge in [-0.3, -0.25) is 0 Å². The highest BCUT2D eigenvalue weighted by atomic mass is 35.5. The summed E-state index contributed by atoms with van der Waals surface area (Å²) in [4.78, 5) is 0. The average molecular weight is 274 g/mol. The molecule has 1 N–H and O–H groups in total. The molecule has 0 aliphatic rings. The normalized spacial score (nSPS) is 10.6. The van der Waals surface area contributed by atoms with Gasteiger partial charge in [0.15, 0.2) is 0 Å². The van der Waals surface area contributed by atoms with Crippen LogP contribution in [0.3, 0.4) is 0 Å². The van der Waals surface area contributed by atoms with Gasteiger partial charge in [0, 0.05) is 23.7 Å². The lowest BCUT2D eigenvalue weighted by Gasteiger charge is -2.16. The predicted molar refractivity (Wildman–Crippen MR) is 74.1 cm³/mol. The highest BCUT2D eigenvalue weighted by Crippen LogP contribution is 2.33. The summed E-state index contributed by atoms with van der Waals surface area (Å²) in [6, 6.07) is 3.55. The van der Waals surface area contributed by atoms with E-state index >= 15 is 0 Å². The third-order valence-electron chi connectivity index (χ3n) is 2.04. The fraction of sp³-hybridized carbons (Fsp3) is 0.385. The van der Waals surface area contributed by atoms with E-state index in [1.54, 1.807) is 12.1 Å². The summed E-state index contributed by atoms with van der Waals surface area (Å²) in [5.41, 5.74) is 0.957. The second-order valence-corrected chi connectivity index (χ2v) is 4.81. The number of rotatable bonds is 6. The Morgan fingerprint density at radius 1 is 1.41 bits per heavy atom. The molecule has 1 rings (SSSR count). The van der Waals surface area contributed by atoms with Gasteiger partial charge >= 0.3 is 0 Å². The standard InChI is InChI=1S/C13H17Cl2NO/c1-4-5-16-8-10-6-11(14)7-12(15)13(10)17-9(2)3/h4,6-7,9,16H,1,5,8H2,2-3H3. The van der Waals surface area contributed by atoms with Gasteiger partial charge in [0.05, 0.1) is 11.1 Å². The minimum Gasteiger partial charge on any atom is -0.489 e. The minimum atomic E-state index is 0.0758. The zero-order valence-corrected chi connectivity index (χ0v) is 11.6. The quantitative estimate of drug-likeness (QED) is 0.624. The van der Waals surface area contributed by atoms with E-state index in [0.717, 1.165) is 12.1 Å². The molecule has 0 saturated carbocycles. The van der Waals surface area contributed by atoms with Crippen LogP contribution in [0.5, 0.6) is 5.75 Å². The lowest BCUT2D eigenvalue weighted by atomic mass is 10.2. The van der Waals surface area contributed by atoms with E-state index in [1.807, 2.05) is 19.9 Å². The molecule has 0 aliphatic heterocycles. The number of nitrogens with one attached hydrogen (secondary N) is 1. The molecule has 0 amide bonds. The highest BCUT2D eigenvalue weighted by molar-refractivity contribution is 6.35. The number of hydrogen-bond donors (Lipinski definition) is 1. The average Bonchev–Trinajstić information content (AvgIpc) is 2.23. The van der Waals surface area contributed by atoms with Gasteiger partial charge in [0.1, 0.15) is 5.75 Å². The summed E-state index contributed by atoms with van der Waals surface area (Å²) in [5.74, 6) is 0.697. The van der Waals surface area contributed by atoms with Crippen LogP contribution >= 0.6 is 23.2 Å². The van der Waals surface area contributed by atoms with E-state index < -0.39 is 0 Å². The third kappa shape index (κ3) is 4.58. The number of ether oxygens (including phenoxy) is 1. The first-order valence-corrected chi connectivity index (χ1v) is 6.26. The largest absolute Gasteiger partial charge is 0.489 e. The zero-order chi connectivity index (χ0) is 12.8. The molecule has 0 atom stereocenters. The van der Waals surface area contributed by atoms with E-state index in [2.05, 4.69) is 11.9 Å². The molecular formula is C13H17Cl2NO. The van der Waals surface area contributed by atoms with Gasteiger partial charge in [-0.05, 0) is 26.0 Å². The van der Waals surface area contributed by atoms with Gasteiger partial charge in [-0.25, -0.2) is 0 Å². The number of hydrogen-bond acceptors (Lipinski definition) is 2. The van der Waals surface area contributed by atoms with Crippen molar-refractivity contribution in [2.24, 2.45) is 0 Å². The Bertz CT molecular complexity index is 391. The number of halogens is 2. The Morgan fingerprint density at radius 2 is 2.12 bits per heavy atom. The maximum absolute atomic E-state index is 6.13. The lowest BCUT2D eigenvalue weighted by molar-refractivity contribution is 0.239. The second-order valence-electron chi connectivity index (χ2n) is 3.96. The smallest absolute Gasteiger partial charge is 0.142 e. The van der Waals surface area contributed by atoms with Gasteiger partial charge < -0.3 is 10.1 Å². The topological polar surface area (TPSA) is 21.3 Å². The van der Waals surface area contributed by atoms with E-state index in [1.165, 1.54) is 0 Å².